The Kier molecular flexibility index (Phi) is 8.22. The maximum absolute atomic E-state index is 12.7. The first-order chi connectivity index (χ1) is 13.6. The monoisotopic (exact) mass is 423 g/mol. The van der Waals surface area contributed by atoms with Gasteiger partial charge in [0.1, 0.15) is 0 Å². The number of hydrogen-bond donors (Lipinski definition) is 1. The average molecular weight is 424 g/mol. The maximum Gasteiger partial charge on any atom is 0.410 e. The van der Waals surface area contributed by atoms with Gasteiger partial charge in [0.15, 0.2) is 0 Å². The Bertz CT molecular complexity index is 823. The van der Waals surface area contributed by atoms with E-state index in [-0.39, 0.29) is 23.9 Å². The van der Waals surface area contributed by atoms with Crippen molar-refractivity contribution in [1.29, 1.82) is 0 Å². The maximum atomic E-state index is 12.7. The predicted molar refractivity (Wildman–Crippen MR) is 115 cm³/mol. The third kappa shape index (κ3) is 6.82. The molecule has 0 aliphatic carbocycles. The fourth-order valence-corrected chi connectivity index (χ4v) is 4.94. The van der Waals surface area contributed by atoms with Crippen LogP contribution in [0.25, 0.3) is 5.57 Å². The predicted octanol–water partition coefficient (Wildman–Crippen LogP) is 3.36. The summed E-state index contributed by atoms with van der Waals surface area (Å²) in [7, 11) is -3.41. The minimum Gasteiger partial charge on any atom is -0.447 e. The van der Waals surface area contributed by atoms with E-state index in [0.29, 0.717) is 32.2 Å². The van der Waals surface area contributed by atoms with Crippen LogP contribution < -0.4 is 4.72 Å². The zero-order valence-corrected chi connectivity index (χ0v) is 18.7. The summed E-state index contributed by atoms with van der Waals surface area (Å²) in [6.45, 7) is 11.8. The van der Waals surface area contributed by atoms with Crippen LogP contribution in [0.4, 0.5) is 4.79 Å². The molecule has 1 aliphatic rings. The number of allylic oxidation sites excluding steroid dienone is 1. The lowest BCUT2D eigenvalue weighted by atomic mass is 9.93. The molecule has 1 amide bonds. The molecule has 1 fully saturated rings. The summed E-state index contributed by atoms with van der Waals surface area (Å²) in [6.07, 6.45) is 1.69. The number of hydrogen-bond acceptors (Lipinski definition) is 5. The van der Waals surface area contributed by atoms with Gasteiger partial charge in [0.05, 0.1) is 23.6 Å². The fourth-order valence-electron chi connectivity index (χ4n) is 3.55. The first-order valence-electron chi connectivity index (χ1n) is 10.2. The molecule has 29 heavy (non-hydrogen) atoms. The van der Waals surface area contributed by atoms with Gasteiger partial charge in [-0.15, -0.1) is 0 Å². The SMILES string of the molecule is C=C(C)c1cccc(C[C@H]2[C@@H](NS(=O)(=O)CCC)CCCN2C(=O)OC(C)C)n1. The average Bonchev–Trinajstić information content (AvgIpc) is 2.62. The van der Waals surface area contributed by atoms with Crippen molar-refractivity contribution in [1.82, 2.24) is 14.6 Å². The summed E-state index contributed by atoms with van der Waals surface area (Å²) in [6, 6.07) is 4.94. The van der Waals surface area contributed by atoms with Crippen LogP contribution in [0.5, 0.6) is 0 Å². The van der Waals surface area contributed by atoms with Crippen LogP contribution >= 0.6 is 0 Å². The zero-order chi connectivity index (χ0) is 21.6. The van der Waals surface area contributed by atoms with E-state index in [9.17, 15) is 13.2 Å². The summed E-state index contributed by atoms with van der Waals surface area (Å²) >= 11 is 0. The number of carbonyl (C=O) groups excluding carboxylic acids is 1. The molecule has 7 nitrogen and oxygen atoms in total. The van der Waals surface area contributed by atoms with Crippen molar-refractivity contribution in [3.8, 4) is 0 Å². The number of rotatable bonds is 8. The third-order valence-electron chi connectivity index (χ3n) is 4.82. The fraction of sp³-hybridized carbons (Fsp3) is 0.619. The quantitative estimate of drug-likeness (QED) is 0.693. The number of carbonyl (C=O) groups is 1. The zero-order valence-electron chi connectivity index (χ0n) is 17.8. The Morgan fingerprint density at radius 1 is 1.41 bits per heavy atom. The summed E-state index contributed by atoms with van der Waals surface area (Å²) in [5, 5.41) is 0. The highest BCUT2D eigenvalue weighted by Gasteiger charge is 2.37. The number of nitrogens with one attached hydrogen (secondary N) is 1. The molecule has 2 heterocycles. The number of amides is 1. The number of pyridine rings is 1. The number of ether oxygens (including phenoxy) is 1. The van der Waals surface area contributed by atoms with Gasteiger partial charge in [0.25, 0.3) is 0 Å². The van der Waals surface area contributed by atoms with E-state index in [1.165, 1.54) is 0 Å². The van der Waals surface area contributed by atoms with Crippen LogP contribution in [-0.2, 0) is 21.2 Å². The van der Waals surface area contributed by atoms with Crippen molar-refractivity contribution in [2.45, 2.75) is 71.6 Å². The standard InChI is InChI=1S/C21H33N3O4S/c1-6-13-29(26,27)23-19-11-8-12-24(21(25)28-16(4)5)20(19)14-17-9-7-10-18(22-17)15(2)3/h7,9-10,16,19-20,23H,2,6,8,11-14H2,1,3-5H3/t19-,20-/m0/s1. The molecule has 1 saturated heterocycles. The minimum absolute atomic E-state index is 0.0655. The van der Waals surface area contributed by atoms with Crippen molar-refractivity contribution >= 4 is 21.7 Å². The highest BCUT2D eigenvalue weighted by molar-refractivity contribution is 7.89. The number of likely N-dealkylation sites (tertiary alicyclic amines) is 1. The summed E-state index contributed by atoms with van der Waals surface area (Å²) in [5.41, 5.74) is 2.43. The molecule has 162 valence electrons. The van der Waals surface area contributed by atoms with Crippen LogP contribution in [0.1, 0.15) is 58.3 Å². The van der Waals surface area contributed by atoms with Crippen LogP contribution in [0, 0.1) is 0 Å². The van der Waals surface area contributed by atoms with E-state index < -0.39 is 16.1 Å². The molecule has 2 rings (SSSR count). The Labute approximate surface area is 174 Å². The van der Waals surface area contributed by atoms with Crippen LogP contribution in [0.2, 0.25) is 0 Å². The van der Waals surface area contributed by atoms with Crippen LogP contribution in [0.15, 0.2) is 24.8 Å². The highest BCUT2D eigenvalue weighted by Crippen LogP contribution is 2.24. The van der Waals surface area contributed by atoms with E-state index in [1.54, 1.807) is 18.7 Å². The first-order valence-corrected chi connectivity index (χ1v) is 11.9. The van der Waals surface area contributed by atoms with Gasteiger partial charge < -0.3 is 9.64 Å². The lowest BCUT2D eigenvalue weighted by Crippen LogP contribution is -2.58. The summed E-state index contributed by atoms with van der Waals surface area (Å²) < 4.78 is 33.1. The van der Waals surface area contributed by atoms with Gasteiger partial charge in [0.2, 0.25) is 10.0 Å². The molecular formula is C21H33N3O4S. The number of aromatic nitrogens is 1. The van der Waals surface area contributed by atoms with E-state index in [4.69, 9.17) is 4.74 Å². The van der Waals surface area contributed by atoms with Crippen molar-refractivity contribution in [2.75, 3.05) is 12.3 Å². The van der Waals surface area contributed by atoms with Crippen molar-refractivity contribution < 1.29 is 17.9 Å². The number of piperidine rings is 1. The number of sulfonamides is 1. The molecular weight excluding hydrogens is 390 g/mol. The van der Waals surface area contributed by atoms with Crippen molar-refractivity contribution in [3.05, 3.63) is 36.2 Å². The van der Waals surface area contributed by atoms with E-state index in [1.807, 2.05) is 32.0 Å². The molecule has 0 unspecified atom stereocenters. The molecule has 0 aromatic carbocycles. The second-order valence-corrected chi connectivity index (χ2v) is 9.75. The van der Waals surface area contributed by atoms with Crippen LogP contribution in [0.3, 0.4) is 0 Å². The van der Waals surface area contributed by atoms with Gasteiger partial charge in [-0.3, -0.25) is 4.98 Å². The smallest absolute Gasteiger partial charge is 0.410 e. The Hall–Kier alpha value is -1.93. The Morgan fingerprint density at radius 2 is 2.14 bits per heavy atom. The van der Waals surface area contributed by atoms with Gasteiger partial charge in [-0.2, -0.15) is 0 Å². The topological polar surface area (TPSA) is 88.6 Å². The second-order valence-electron chi connectivity index (χ2n) is 7.88. The molecule has 1 aromatic rings. The summed E-state index contributed by atoms with van der Waals surface area (Å²) in [4.78, 5) is 19.0. The second kappa shape index (κ2) is 10.2. The normalized spacial score (nSPS) is 20.0. The molecule has 2 atom stereocenters. The molecule has 0 radical (unpaired) electrons. The van der Waals surface area contributed by atoms with E-state index in [2.05, 4.69) is 16.3 Å². The molecule has 0 spiro atoms. The molecule has 8 heteroatoms. The first kappa shape index (κ1) is 23.3. The summed E-state index contributed by atoms with van der Waals surface area (Å²) in [5.74, 6) is 0.0655. The number of nitrogens with zero attached hydrogens (tertiary/aromatic N) is 2. The molecule has 1 aliphatic heterocycles. The van der Waals surface area contributed by atoms with E-state index in [0.717, 1.165) is 17.0 Å². The minimum atomic E-state index is -3.41. The Balaban J connectivity index is 2.32. The van der Waals surface area contributed by atoms with Gasteiger partial charge in [-0.1, -0.05) is 19.6 Å². The van der Waals surface area contributed by atoms with Crippen LogP contribution in [-0.4, -0.2) is 54.9 Å². The third-order valence-corrected chi connectivity index (χ3v) is 6.42. The van der Waals surface area contributed by atoms with Crippen molar-refractivity contribution in [3.63, 3.8) is 0 Å². The van der Waals surface area contributed by atoms with Gasteiger partial charge in [0, 0.05) is 24.7 Å². The van der Waals surface area contributed by atoms with Crippen molar-refractivity contribution in [2.24, 2.45) is 0 Å². The Morgan fingerprint density at radius 3 is 2.76 bits per heavy atom. The lowest BCUT2D eigenvalue weighted by molar-refractivity contribution is 0.0459. The van der Waals surface area contributed by atoms with Gasteiger partial charge >= 0.3 is 6.09 Å². The largest absolute Gasteiger partial charge is 0.447 e. The lowest BCUT2D eigenvalue weighted by Gasteiger charge is -2.41. The van der Waals surface area contributed by atoms with E-state index >= 15 is 0 Å². The molecule has 1 aromatic heterocycles. The molecule has 1 N–H and O–H groups in total. The molecule has 0 saturated carbocycles. The molecule has 0 bridgehead atoms. The van der Waals surface area contributed by atoms with Gasteiger partial charge in [-0.05, 0) is 57.7 Å². The van der Waals surface area contributed by atoms with Gasteiger partial charge in [-0.25, -0.2) is 17.9 Å². The highest BCUT2D eigenvalue weighted by atomic mass is 32.2.